The summed E-state index contributed by atoms with van der Waals surface area (Å²) in [6, 6.07) is 1.74. The van der Waals surface area contributed by atoms with E-state index >= 15 is 0 Å². The Kier molecular flexibility index (Phi) is 5.50. The van der Waals surface area contributed by atoms with Crippen LogP contribution in [0.2, 0.25) is 0 Å². The van der Waals surface area contributed by atoms with Crippen molar-refractivity contribution in [2.45, 2.75) is 51.0 Å². The molecule has 0 aromatic carbocycles. The van der Waals surface area contributed by atoms with Crippen LogP contribution in [0.5, 0.6) is 0 Å². The van der Waals surface area contributed by atoms with Crippen molar-refractivity contribution in [2.24, 2.45) is 11.3 Å². The number of carbonyl (C=O) groups excluding carboxylic acids is 1. The zero-order valence-electron chi connectivity index (χ0n) is 15.4. The summed E-state index contributed by atoms with van der Waals surface area (Å²) in [5, 5.41) is 7.62. The van der Waals surface area contributed by atoms with E-state index in [2.05, 4.69) is 10.2 Å². The highest BCUT2D eigenvalue weighted by Gasteiger charge is 2.47. The van der Waals surface area contributed by atoms with Crippen LogP contribution >= 0.6 is 0 Å². The largest absolute Gasteiger partial charge is 0.380 e. The van der Waals surface area contributed by atoms with Gasteiger partial charge in [0.1, 0.15) is 0 Å². The Hall–Kier alpha value is -1.53. The number of amides is 1. The van der Waals surface area contributed by atoms with Gasteiger partial charge < -0.3 is 14.4 Å². The molecule has 0 radical (unpaired) electrons. The number of likely N-dealkylation sites (tertiary alicyclic amines) is 1. The lowest BCUT2D eigenvalue weighted by Gasteiger charge is -2.50. The molecule has 1 amide bonds. The van der Waals surface area contributed by atoms with Gasteiger partial charge in [-0.05, 0) is 44.1 Å². The second-order valence-corrected chi connectivity index (χ2v) is 8.14. The van der Waals surface area contributed by atoms with Crippen LogP contribution in [-0.4, -0.2) is 60.0 Å². The SMILES string of the molecule is O=C(c1ccnnc1)N1CCC2OCCCC2(COCC2CCCC2)C1. The molecule has 2 unspecified atom stereocenters. The molecule has 0 bridgehead atoms. The monoisotopic (exact) mass is 359 g/mol. The number of aromatic nitrogens is 2. The van der Waals surface area contributed by atoms with Crippen molar-refractivity contribution in [3.05, 3.63) is 24.0 Å². The van der Waals surface area contributed by atoms with Gasteiger partial charge in [0.05, 0.1) is 30.7 Å². The third-order valence-electron chi connectivity index (χ3n) is 6.32. The van der Waals surface area contributed by atoms with Gasteiger partial charge in [-0.15, -0.1) is 0 Å². The van der Waals surface area contributed by atoms with Gasteiger partial charge in [0.15, 0.2) is 0 Å². The van der Waals surface area contributed by atoms with E-state index < -0.39 is 0 Å². The third kappa shape index (κ3) is 3.76. The first-order chi connectivity index (χ1) is 12.8. The summed E-state index contributed by atoms with van der Waals surface area (Å²) in [4.78, 5) is 14.8. The van der Waals surface area contributed by atoms with E-state index in [0.29, 0.717) is 18.7 Å². The lowest BCUT2D eigenvalue weighted by Crippen LogP contribution is -2.58. The molecule has 3 fully saturated rings. The first-order valence-corrected chi connectivity index (χ1v) is 10.0. The van der Waals surface area contributed by atoms with Gasteiger partial charge in [-0.3, -0.25) is 4.79 Å². The number of nitrogens with zero attached hydrogens (tertiary/aromatic N) is 3. The molecule has 1 aromatic rings. The average Bonchev–Trinajstić information content (AvgIpc) is 3.21. The van der Waals surface area contributed by atoms with Crippen LogP contribution in [0.15, 0.2) is 18.5 Å². The van der Waals surface area contributed by atoms with E-state index in [0.717, 1.165) is 44.9 Å². The summed E-state index contributed by atoms with van der Waals surface area (Å²) in [7, 11) is 0. The fourth-order valence-electron chi connectivity index (χ4n) is 4.88. The molecule has 0 spiro atoms. The van der Waals surface area contributed by atoms with E-state index in [4.69, 9.17) is 9.47 Å². The second kappa shape index (κ2) is 8.01. The molecule has 2 saturated heterocycles. The smallest absolute Gasteiger partial charge is 0.255 e. The van der Waals surface area contributed by atoms with Crippen LogP contribution in [0.4, 0.5) is 0 Å². The number of hydrogen-bond acceptors (Lipinski definition) is 5. The van der Waals surface area contributed by atoms with Gasteiger partial charge >= 0.3 is 0 Å². The van der Waals surface area contributed by atoms with Gasteiger partial charge in [-0.2, -0.15) is 10.2 Å². The zero-order chi connectivity index (χ0) is 17.8. The van der Waals surface area contributed by atoms with Crippen LogP contribution in [-0.2, 0) is 9.47 Å². The van der Waals surface area contributed by atoms with Gasteiger partial charge in [-0.25, -0.2) is 0 Å². The molecular formula is C20H29N3O3. The predicted molar refractivity (Wildman–Crippen MR) is 96.7 cm³/mol. The number of ether oxygens (including phenoxy) is 2. The molecule has 2 atom stereocenters. The molecule has 2 aliphatic heterocycles. The Morgan fingerprint density at radius 3 is 2.96 bits per heavy atom. The molecule has 142 valence electrons. The van der Waals surface area contributed by atoms with Crippen molar-refractivity contribution < 1.29 is 14.3 Å². The molecule has 3 heterocycles. The summed E-state index contributed by atoms with van der Waals surface area (Å²) in [6.07, 6.45) is 11.6. The Labute approximate surface area is 155 Å². The molecule has 0 N–H and O–H groups in total. The first-order valence-electron chi connectivity index (χ1n) is 10.0. The van der Waals surface area contributed by atoms with Crippen molar-refractivity contribution in [1.82, 2.24) is 15.1 Å². The summed E-state index contributed by atoms with van der Waals surface area (Å²) >= 11 is 0. The Morgan fingerprint density at radius 1 is 1.27 bits per heavy atom. The Morgan fingerprint density at radius 2 is 2.15 bits per heavy atom. The maximum atomic E-state index is 12.9. The maximum Gasteiger partial charge on any atom is 0.255 e. The molecule has 1 aromatic heterocycles. The van der Waals surface area contributed by atoms with E-state index in [1.54, 1.807) is 18.5 Å². The fraction of sp³-hybridized carbons (Fsp3) is 0.750. The predicted octanol–water partition coefficient (Wildman–Crippen LogP) is 2.69. The molecule has 6 heteroatoms. The van der Waals surface area contributed by atoms with Crippen LogP contribution in [0.3, 0.4) is 0 Å². The minimum Gasteiger partial charge on any atom is -0.380 e. The third-order valence-corrected chi connectivity index (χ3v) is 6.32. The van der Waals surface area contributed by atoms with Crippen LogP contribution in [0, 0.1) is 11.3 Å². The van der Waals surface area contributed by atoms with Crippen LogP contribution in [0.1, 0.15) is 55.3 Å². The molecule has 4 rings (SSSR count). The molecule has 6 nitrogen and oxygen atoms in total. The lowest BCUT2D eigenvalue weighted by atomic mass is 9.73. The van der Waals surface area contributed by atoms with Crippen LogP contribution < -0.4 is 0 Å². The minimum atomic E-state index is -0.0643. The van der Waals surface area contributed by atoms with Crippen molar-refractivity contribution in [2.75, 3.05) is 32.9 Å². The summed E-state index contributed by atoms with van der Waals surface area (Å²) < 4.78 is 12.3. The van der Waals surface area contributed by atoms with Crippen molar-refractivity contribution >= 4 is 5.91 Å². The van der Waals surface area contributed by atoms with Crippen LogP contribution in [0.25, 0.3) is 0 Å². The van der Waals surface area contributed by atoms with Gasteiger partial charge in [-0.1, -0.05) is 12.8 Å². The maximum absolute atomic E-state index is 12.9. The number of carbonyl (C=O) groups is 1. The first kappa shape index (κ1) is 17.9. The summed E-state index contributed by atoms with van der Waals surface area (Å²) in [5.74, 6) is 0.762. The number of hydrogen-bond donors (Lipinski definition) is 0. The second-order valence-electron chi connectivity index (χ2n) is 8.14. The molecule has 3 aliphatic rings. The Bertz CT molecular complexity index is 606. The van der Waals surface area contributed by atoms with Gasteiger partial charge in [0, 0.05) is 31.7 Å². The highest BCUT2D eigenvalue weighted by molar-refractivity contribution is 5.93. The fourth-order valence-corrected chi connectivity index (χ4v) is 4.88. The molecule has 1 aliphatic carbocycles. The summed E-state index contributed by atoms with van der Waals surface area (Å²) in [5.41, 5.74) is 0.544. The number of rotatable bonds is 5. The van der Waals surface area contributed by atoms with Gasteiger partial charge in [0.2, 0.25) is 0 Å². The van der Waals surface area contributed by atoms with Crippen molar-refractivity contribution in [1.29, 1.82) is 0 Å². The average molecular weight is 359 g/mol. The van der Waals surface area contributed by atoms with E-state index in [-0.39, 0.29) is 17.4 Å². The summed E-state index contributed by atoms with van der Waals surface area (Å²) in [6.45, 7) is 3.83. The number of piperidine rings is 1. The minimum absolute atomic E-state index is 0.0408. The zero-order valence-corrected chi connectivity index (χ0v) is 15.4. The van der Waals surface area contributed by atoms with Crippen molar-refractivity contribution in [3.8, 4) is 0 Å². The quantitative estimate of drug-likeness (QED) is 0.809. The number of fused-ring (bicyclic) bond motifs is 1. The lowest BCUT2D eigenvalue weighted by molar-refractivity contribution is -0.148. The highest BCUT2D eigenvalue weighted by Crippen LogP contribution is 2.41. The van der Waals surface area contributed by atoms with Crippen molar-refractivity contribution in [3.63, 3.8) is 0 Å². The molecule has 26 heavy (non-hydrogen) atoms. The standard InChI is InChI=1S/C20H29N3O3/c24-19(17-6-9-21-22-12-17)23-10-7-18-20(14-23,8-3-11-26-18)15-25-13-16-4-1-2-5-16/h6,9,12,16,18H,1-5,7-8,10-11,13-15H2. The van der Waals surface area contributed by atoms with E-state index in [1.165, 1.54) is 25.7 Å². The molecular weight excluding hydrogens is 330 g/mol. The van der Waals surface area contributed by atoms with E-state index in [9.17, 15) is 4.79 Å². The molecule has 1 saturated carbocycles. The topological polar surface area (TPSA) is 64.6 Å². The van der Waals surface area contributed by atoms with E-state index in [1.807, 2.05) is 4.90 Å². The Balaban J connectivity index is 1.43. The normalized spacial score (nSPS) is 29.5. The highest BCUT2D eigenvalue weighted by atomic mass is 16.5. The van der Waals surface area contributed by atoms with Gasteiger partial charge in [0.25, 0.3) is 5.91 Å².